The van der Waals surface area contributed by atoms with Gasteiger partial charge in [0.1, 0.15) is 0 Å². The third-order valence-electron chi connectivity index (χ3n) is 4.18. The van der Waals surface area contributed by atoms with E-state index in [1.165, 1.54) is 0 Å². The Morgan fingerprint density at radius 1 is 1.09 bits per heavy atom. The van der Waals surface area contributed by atoms with Crippen LogP contribution in [0.4, 0.5) is 10.5 Å². The van der Waals surface area contributed by atoms with Gasteiger partial charge in [0.15, 0.2) is 0 Å². The molecule has 1 aromatic heterocycles. The highest BCUT2D eigenvalue weighted by Gasteiger charge is 2.42. The maximum Gasteiger partial charge on any atom is 0.436 e. The Balaban J connectivity index is 1.59. The minimum Gasteiger partial charge on any atom is -0.492 e. The molecule has 6 heteroatoms. The summed E-state index contributed by atoms with van der Waals surface area (Å²) in [7, 11) is 0. The van der Waals surface area contributed by atoms with E-state index in [9.17, 15) is 15.0 Å². The lowest BCUT2D eigenvalue weighted by Gasteiger charge is -2.10. The topological polar surface area (TPSA) is 83.7 Å². The van der Waals surface area contributed by atoms with Crippen molar-refractivity contribution in [3.8, 4) is 11.8 Å². The molecule has 0 saturated carbocycles. The summed E-state index contributed by atoms with van der Waals surface area (Å²) in [4.78, 5) is 16.9. The molecule has 112 valence electrons. The Morgan fingerprint density at radius 2 is 1.68 bits per heavy atom. The van der Waals surface area contributed by atoms with E-state index >= 15 is 0 Å². The molecule has 3 N–H and O–H groups in total. The van der Waals surface area contributed by atoms with Crippen LogP contribution in [-0.2, 0) is 0 Å². The number of carbonyl (C=O) groups excluding carboxylic acids is 1. The van der Waals surface area contributed by atoms with Crippen LogP contribution in [0.1, 0.15) is 29.4 Å². The molecule has 2 aliphatic carbocycles. The van der Waals surface area contributed by atoms with E-state index in [1.807, 2.05) is 18.2 Å². The normalized spacial score (nSPS) is 20.9. The SMILES string of the molecule is O=C(Nc1ccccc1)On1c(O)c2c(c1O)C1C=CC2C1. The van der Waals surface area contributed by atoms with Crippen LogP contribution in [0.2, 0.25) is 0 Å². The van der Waals surface area contributed by atoms with Crippen molar-refractivity contribution < 1.29 is 19.8 Å². The second-order valence-electron chi connectivity index (χ2n) is 5.47. The first kappa shape index (κ1) is 12.8. The van der Waals surface area contributed by atoms with Crippen molar-refractivity contribution in [2.24, 2.45) is 0 Å². The van der Waals surface area contributed by atoms with Gasteiger partial charge < -0.3 is 15.1 Å². The molecule has 2 atom stereocenters. The molecule has 2 bridgehead atoms. The van der Waals surface area contributed by atoms with Gasteiger partial charge in [0.25, 0.3) is 0 Å². The van der Waals surface area contributed by atoms with Gasteiger partial charge in [-0.1, -0.05) is 30.4 Å². The third-order valence-corrected chi connectivity index (χ3v) is 4.18. The fourth-order valence-corrected chi connectivity index (χ4v) is 3.25. The van der Waals surface area contributed by atoms with Gasteiger partial charge in [-0.15, -0.1) is 4.73 Å². The number of allylic oxidation sites excluding steroid dienone is 2. The molecule has 4 rings (SSSR count). The monoisotopic (exact) mass is 298 g/mol. The molecule has 0 saturated heterocycles. The summed E-state index contributed by atoms with van der Waals surface area (Å²) in [5.74, 6) is -0.277. The van der Waals surface area contributed by atoms with Crippen LogP contribution < -0.4 is 10.2 Å². The molecule has 2 aromatic rings. The number of hydrogen-bond acceptors (Lipinski definition) is 4. The first-order valence-electron chi connectivity index (χ1n) is 7.04. The van der Waals surface area contributed by atoms with Gasteiger partial charge in [0, 0.05) is 28.7 Å². The number of nitrogens with one attached hydrogen (secondary N) is 1. The quantitative estimate of drug-likeness (QED) is 0.744. The van der Waals surface area contributed by atoms with Crippen LogP contribution in [-0.4, -0.2) is 21.0 Å². The highest BCUT2D eigenvalue weighted by atomic mass is 16.7. The average molecular weight is 298 g/mol. The maximum atomic E-state index is 11.9. The van der Waals surface area contributed by atoms with E-state index in [4.69, 9.17) is 4.84 Å². The van der Waals surface area contributed by atoms with Gasteiger partial charge in [0.2, 0.25) is 11.8 Å². The molecule has 0 spiro atoms. The number of rotatable bonds is 2. The number of nitrogens with zero attached hydrogens (tertiary/aromatic N) is 1. The number of para-hydroxylation sites is 1. The van der Waals surface area contributed by atoms with Gasteiger partial charge in [-0.25, -0.2) is 4.79 Å². The molecule has 0 radical (unpaired) electrons. The van der Waals surface area contributed by atoms with Gasteiger partial charge in [-0.05, 0) is 18.6 Å². The van der Waals surface area contributed by atoms with Crippen molar-refractivity contribution >= 4 is 11.8 Å². The standard InChI is InChI=1S/C16H14N2O4/c19-14-12-9-6-7-10(8-9)13(12)15(20)18(14)22-16(21)17-11-4-2-1-3-5-11/h1-7,9-10,19-20H,8H2,(H,17,21). The van der Waals surface area contributed by atoms with Crippen molar-refractivity contribution in [3.05, 3.63) is 53.6 Å². The van der Waals surface area contributed by atoms with Crippen LogP contribution in [0.25, 0.3) is 0 Å². The number of amides is 1. The zero-order valence-electron chi connectivity index (χ0n) is 11.6. The highest BCUT2D eigenvalue weighted by molar-refractivity contribution is 5.84. The second kappa shape index (κ2) is 4.56. The Kier molecular flexibility index (Phi) is 2.66. The summed E-state index contributed by atoms with van der Waals surface area (Å²) < 4.78 is 0.787. The van der Waals surface area contributed by atoms with Crippen LogP contribution in [0.5, 0.6) is 11.8 Å². The van der Waals surface area contributed by atoms with Crippen molar-refractivity contribution in [2.45, 2.75) is 18.3 Å². The third kappa shape index (κ3) is 1.77. The molecule has 2 unspecified atom stereocenters. The van der Waals surface area contributed by atoms with Crippen molar-refractivity contribution in [1.29, 1.82) is 0 Å². The number of benzene rings is 1. The molecule has 0 fully saturated rings. The van der Waals surface area contributed by atoms with Crippen LogP contribution in [0.15, 0.2) is 42.5 Å². The Labute approximate surface area is 126 Å². The lowest BCUT2D eigenvalue weighted by atomic mass is 10.0. The fourth-order valence-electron chi connectivity index (χ4n) is 3.25. The predicted molar refractivity (Wildman–Crippen MR) is 79.0 cm³/mol. The minimum absolute atomic E-state index is 0.0768. The van der Waals surface area contributed by atoms with Gasteiger partial charge in [-0.2, -0.15) is 0 Å². The molecule has 2 aliphatic rings. The lowest BCUT2D eigenvalue weighted by molar-refractivity contribution is 0.119. The molecule has 1 heterocycles. The van der Waals surface area contributed by atoms with E-state index in [1.54, 1.807) is 24.3 Å². The van der Waals surface area contributed by atoms with E-state index < -0.39 is 6.09 Å². The fraction of sp³-hybridized carbons (Fsp3) is 0.188. The van der Waals surface area contributed by atoms with E-state index in [0.717, 1.165) is 11.2 Å². The molecule has 1 amide bonds. The Bertz CT molecular complexity index is 744. The first-order chi connectivity index (χ1) is 10.6. The number of carbonyl (C=O) groups is 1. The lowest BCUT2D eigenvalue weighted by Crippen LogP contribution is -2.24. The second-order valence-corrected chi connectivity index (χ2v) is 5.47. The molecular formula is C16H14N2O4. The minimum atomic E-state index is -0.786. The summed E-state index contributed by atoms with van der Waals surface area (Å²) >= 11 is 0. The van der Waals surface area contributed by atoms with Crippen LogP contribution in [0, 0.1) is 0 Å². The number of anilines is 1. The van der Waals surface area contributed by atoms with E-state index in [2.05, 4.69) is 5.32 Å². The molecule has 22 heavy (non-hydrogen) atoms. The maximum absolute atomic E-state index is 11.9. The summed E-state index contributed by atoms with van der Waals surface area (Å²) in [5, 5.41) is 23.0. The van der Waals surface area contributed by atoms with Gasteiger partial charge in [0.05, 0.1) is 0 Å². The number of aromatic hydroxyl groups is 2. The predicted octanol–water partition coefficient (Wildman–Crippen LogP) is 2.70. The first-order valence-corrected chi connectivity index (χ1v) is 7.04. The molecule has 0 aliphatic heterocycles. The van der Waals surface area contributed by atoms with Crippen molar-refractivity contribution in [1.82, 2.24) is 4.73 Å². The van der Waals surface area contributed by atoms with Crippen molar-refractivity contribution in [2.75, 3.05) is 5.32 Å². The molecule has 6 nitrogen and oxygen atoms in total. The van der Waals surface area contributed by atoms with E-state index in [0.29, 0.717) is 16.8 Å². The zero-order chi connectivity index (χ0) is 15.3. The number of fused-ring (bicyclic) bond motifs is 5. The Hall–Kier alpha value is -2.89. The molecular weight excluding hydrogens is 284 g/mol. The van der Waals surface area contributed by atoms with Crippen LogP contribution in [0.3, 0.4) is 0 Å². The smallest absolute Gasteiger partial charge is 0.436 e. The van der Waals surface area contributed by atoms with Gasteiger partial charge in [-0.3, -0.25) is 5.32 Å². The summed E-state index contributed by atoms with van der Waals surface area (Å²) in [6, 6.07) is 8.80. The summed E-state index contributed by atoms with van der Waals surface area (Å²) in [6.07, 6.45) is 4.06. The summed E-state index contributed by atoms with van der Waals surface area (Å²) in [6.45, 7) is 0. The largest absolute Gasteiger partial charge is 0.492 e. The van der Waals surface area contributed by atoms with Crippen LogP contribution >= 0.6 is 0 Å². The zero-order valence-corrected chi connectivity index (χ0v) is 11.6. The van der Waals surface area contributed by atoms with Gasteiger partial charge >= 0.3 is 6.09 Å². The van der Waals surface area contributed by atoms with E-state index in [-0.39, 0.29) is 23.6 Å². The number of aromatic nitrogens is 1. The molecule has 1 aromatic carbocycles. The van der Waals surface area contributed by atoms with Crippen molar-refractivity contribution in [3.63, 3.8) is 0 Å². The Morgan fingerprint density at radius 3 is 2.27 bits per heavy atom. The summed E-state index contributed by atoms with van der Waals surface area (Å²) in [5.41, 5.74) is 1.86. The number of hydrogen-bond donors (Lipinski definition) is 3. The average Bonchev–Trinajstić information content (AvgIpc) is 3.18. The highest BCUT2D eigenvalue weighted by Crippen LogP contribution is 2.56.